The van der Waals surface area contributed by atoms with Crippen molar-refractivity contribution in [2.75, 3.05) is 6.61 Å². The maximum absolute atomic E-state index is 11.4. The molecule has 4 heteroatoms. The van der Waals surface area contributed by atoms with Gasteiger partial charge in [0.25, 0.3) is 0 Å². The molecule has 1 atom stereocenters. The van der Waals surface area contributed by atoms with Crippen molar-refractivity contribution in [1.29, 1.82) is 0 Å². The third-order valence-corrected chi connectivity index (χ3v) is 2.38. The van der Waals surface area contributed by atoms with Gasteiger partial charge in [0, 0.05) is 5.56 Å². The quantitative estimate of drug-likeness (QED) is 0.790. The van der Waals surface area contributed by atoms with Crippen LogP contribution in [0.5, 0.6) is 5.75 Å². The van der Waals surface area contributed by atoms with Crippen LogP contribution in [0.15, 0.2) is 24.3 Å². The molecule has 1 N–H and O–H groups in total. The normalized spacial score (nSPS) is 12.3. The van der Waals surface area contributed by atoms with Crippen LogP contribution in [-0.2, 0) is 9.53 Å². The highest BCUT2D eigenvalue weighted by atomic mass is 16.6. The zero-order chi connectivity index (χ0) is 13.5. The lowest BCUT2D eigenvalue weighted by Gasteiger charge is -2.15. The molecule has 0 radical (unpaired) electrons. The Morgan fingerprint density at radius 2 is 2.00 bits per heavy atom. The maximum atomic E-state index is 11.4. The zero-order valence-electron chi connectivity index (χ0n) is 11.1. The van der Waals surface area contributed by atoms with Crippen LogP contribution in [-0.4, -0.2) is 23.8 Å². The molecule has 1 aromatic rings. The molecule has 1 rings (SSSR count). The molecule has 0 fully saturated rings. The van der Waals surface area contributed by atoms with Gasteiger partial charge in [-0.15, -0.1) is 0 Å². The van der Waals surface area contributed by atoms with Gasteiger partial charge in [0.2, 0.25) is 0 Å². The number of hydrogen-bond donors (Lipinski definition) is 1. The molecule has 100 valence electrons. The lowest BCUT2D eigenvalue weighted by Crippen LogP contribution is -2.19. The van der Waals surface area contributed by atoms with E-state index >= 15 is 0 Å². The fraction of sp³-hybridized carbons (Fsp3) is 0.500. The van der Waals surface area contributed by atoms with E-state index in [0.29, 0.717) is 17.7 Å². The highest BCUT2D eigenvalue weighted by molar-refractivity contribution is 5.71. The van der Waals surface area contributed by atoms with Gasteiger partial charge in [-0.05, 0) is 26.3 Å². The topological polar surface area (TPSA) is 55.8 Å². The molecule has 0 aromatic heterocycles. The summed E-state index contributed by atoms with van der Waals surface area (Å²) in [6, 6.07) is 7.15. The fourth-order valence-electron chi connectivity index (χ4n) is 1.54. The van der Waals surface area contributed by atoms with Crippen molar-refractivity contribution in [2.45, 2.75) is 39.4 Å². The average Bonchev–Trinajstić information content (AvgIpc) is 2.35. The first-order valence-corrected chi connectivity index (χ1v) is 6.13. The van der Waals surface area contributed by atoms with Crippen LogP contribution in [0.2, 0.25) is 0 Å². The largest absolute Gasteiger partial charge is 0.482 e. The summed E-state index contributed by atoms with van der Waals surface area (Å²) < 4.78 is 10.4. The second-order valence-electron chi connectivity index (χ2n) is 4.29. The molecule has 0 heterocycles. The van der Waals surface area contributed by atoms with E-state index in [4.69, 9.17) is 9.47 Å². The summed E-state index contributed by atoms with van der Waals surface area (Å²) in [5, 5.41) is 9.82. The summed E-state index contributed by atoms with van der Waals surface area (Å²) >= 11 is 0. The van der Waals surface area contributed by atoms with Gasteiger partial charge in [0.05, 0.1) is 12.2 Å². The van der Waals surface area contributed by atoms with Crippen molar-refractivity contribution < 1.29 is 19.4 Å². The molecule has 18 heavy (non-hydrogen) atoms. The first-order chi connectivity index (χ1) is 8.54. The SMILES string of the molecule is CC[C@@H](O)c1ccccc1OCC(=O)OC(C)C. The molecule has 0 aliphatic carbocycles. The Labute approximate surface area is 108 Å². The van der Waals surface area contributed by atoms with Crippen LogP contribution in [0.4, 0.5) is 0 Å². The summed E-state index contributed by atoms with van der Waals surface area (Å²) in [6.07, 6.45) is -0.142. The lowest BCUT2D eigenvalue weighted by atomic mass is 10.1. The molecule has 0 bridgehead atoms. The summed E-state index contributed by atoms with van der Waals surface area (Å²) in [4.78, 5) is 11.4. The Morgan fingerprint density at radius 1 is 1.33 bits per heavy atom. The van der Waals surface area contributed by atoms with Crippen molar-refractivity contribution in [1.82, 2.24) is 0 Å². The number of esters is 1. The highest BCUT2D eigenvalue weighted by Crippen LogP contribution is 2.26. The summed E-state index contributed by atoms with van der Waals surface area (Å²) in [7, 11) is 0. The van der Waals surface area contributed by atoms with Gasteiger partial charge in [-0.25, -0.2) is 4.79 Å². The van der Waals surface area contributed by atoms with Crippen LogP contribution >= 0.6 is 0 Å². The van der Waals surface area contributed by atoms with Gasteiger partial charge in [0.1, 0.15) is 5.75 Å². The van der Waals surface area contributed by atoms with Gasteiger partial charge in [0.15, 0.2) is 6.61 Å². The summed E-state index contributed by atoms with van der Waals surface area (Å²) in [5.41, 5.74) is 0.692. The van der Waals surface area contributed by atoms with Crippen LogP contribution < -0.4 is 4.74 Å². The number of aliphatic hydroxyl groups excluding tert-OH is 1. The number of rotatable bonds is 6. The number of aliphatic hydroxyl groups is 1. The van der Waals surface area contributed by atoms with Crippen LogP contribution in [0.3, 0.4) is 0 Å². The summed E-state index contributed by atoms with van der Waals surface area (Å²) in [6.45, 7) is 5.31. The van der Waals surface area contributed by atoms with Crippen molar-refractivity contribution in [3.05, 3.63) is 29.8 Å². The van der Waals surface area contributed by atoms with Crippen molar-refractivity contribution >= 4 is 5.97 Å². The van der Waals surface area contributed by atoms with Crippen LogP contribution in [0.1, 0.15) is 38.9 Å². The monoisotopic (exact) mass is 252 g/mol. The van der Waals surface area contributed by atoms with Crippen molar-refractivity contribution in [2.24, 2.45) is 0 Å². The van der Waals surface area contributed by atoms with Crippen LogP contribution in [0, 0.1) is 0 Å². The van der Waals surface area contributed by atoms with Gasteiger partial charge in [-0.1, -0.05) is 25.1 Å². The smallest absolute Gasteiger partial charge is 0.344 e. The van der Waals surface area contributed by atoms with E-state index in [1.807, 2.05) is 13.0 Å². The molecule has 0 spiro atoms. The van der Waals surface area contributed by atoms with Gasteiger partial charge in [-0.2, -0.15) is 0 Å². The maximum Gasteiger partial charge on any atom is 0.344 e. The van der Waals surface area contributed by atoms with E-state index < -0.39 is 12.1 Å². The molecule has 0 aliphatic rings. The predicted molar refractivity (Wildman–Crippen MR) is 68.4 cm³/mol. The lowest BCUT2D eigenvalue weighted by molar-refractivity contribution is -0.149. The molecular weight excluding hydrogens is 232 g/mol. The van der Waals surface area contributed by atoms with Gasteiger partial charge >= 0.3 is 5.97 Å². The number of hydrogen-bond acceptors (Lipinski definition) is 4. The van der Waals surface area contributed by atoms with E-state index in [0.717, 1.165) is 0 Å². The van der Waals surface area contributed by atoms with Gasteiger partial charge in [-0.3, -0.25) is 0 Å². The number of carbonyl (C=O) groups excluding carboxylic acids is 1. The number of carbonyl (C=O) groups is 1. The van der Waals surface area contributed by atoms with E-state index in [1.165, 1.54) is 0 Å². The first-order valence-electron chi connectivity index (χ1n) is 6.13. The number of benzene rings is 1. The average molecular weight is 252 g/mol. The van der Waals surface area contributed by atoms with Crippen molar-refractivity contribution in [3.8, 4) is 5.75 Å². The Bertz CT molecular complexity index is 387. The molecule has 1 aromatic carbocycles. The molecule has 0 saturated heterocycles. The third kappa shape index (κ3) is 4.37. The number of ether oxygens (including phenoxy) is 2. The molecule has 0 saturated carbocycles. The predicted octanol–water partition coefficient (Wildman–Crippen LogP) is 2.46. The van der Waals surface area contributed by atoms with E-state index in [-0.39, 0.29) is 12.7 Å². The molecule has 0 amide bonds. The third-order valence-electron chi connectivity index (χ3n) is 2.38. The van der Waals surface area contributed by atoms with E-state index in [2.05, 4.69) is 0 Å². The Hall–Kier alpha value is -1.55. The standard InChI is InChI=1S/C14H20O4/c1-4-12(15)11-7-5-6-8-13(11)17-9-14(16)18-10(2)3/h5-8,10,12,15H,4,9H2,1-3H3/t12-/m1/s1. The minimum absolute atomic E-state index is 0.147. The number of para-hydroxylation sites is 1. The highest BCUT2D eigenvalue weighted by Gasteiger charge is 2.13. The minimum atomic E-state index is -0.581. The second-order valence-corrected chi connectivity index (χ2v) is 4.29. The molecule has 4 nitrogen and oxygen atoms in total. The molecule has 0 aliphatic heterocycles. The summed E-state index contributed by atoms with van der Waals surface area (Å²) in [5.74, 6) is 0.110. The minimum Gasteiger partial charge on any atom is -0.482 e. The van der Waals surface area contributed by atoms with Crippen molar-refractivity contribution in [3.63, 3.8) is 0 Å². The first kappa shape index (κ1) is 14.5. The van der Waals surface area contributed by atoms with Gasteiger partial charge < -0.3 is 14.6 Å². The Balaban J connectivity index is 2.64. The fourth-order valence-corrected chi connectivity index (χ4v) is 1.54. The van der Waals surface area contributed by atoms with Crippen LogP contribution in [0.25, 0.3) is 0 Å². The zero-order valence-corrected chi connectivity index (χ0v) is 11.1. The van der Waals surface area contributed by atoms with E-state index in [1.54, 1.807) is 32.0 Å². The molecular formula is C14H20O4. The Kier molecular flexibility index (Phi) is 5.65. The molecule has 0 unspecified atom stereocenters. The Morgan fingerprint density at radius 3 is 2.61 bits per heavy atom. The van der Waals surface area contributed by atoms with E-state index in [9.17, 15) is 9.90 Å². The second kappa shape index (κ2) is 7.01.